The van der Waals surface area contributed by atoms with Gasteiger partial charge >= 0.3 is 0 Å². The van der Waals surface area contributed by atoms with Gasteiger partial charge in [-0.05, 0) is 42.3 Å². The molecule has 2 saturated heterocycles. The fourth-order valence-corrected chi connectivity index (χ4v) is 5.90. The monoisotopic (exact) mass is 495 g/mol. The van der Waals surface area contributed by atoms with Crippen molar-refractivity contribution < 1.29 is 34.3 Å². The molecule has 0 aliphatic carbocycles. The Hall–Kier alpha value is -1.56. The van der Waals surface area contributed by atoms with Gasteiger partial charge in [-0.25, -0.2) is 0 Å². The smallest absolute Gasteiger partial charge is 0.264 e. The van der Waals surface area contributed by atoms with Gasteiger partial charge in [-0.2, -0.15) is 0 Å². The molecule has 10 heteroatoms. The number of carbonyl (C=O) groups is 1. The zero-order valence-electron chi connectivity index (χ0n) is 18.1. The number of hydrogen-bond acceptors (Lipinski definition) is 8. The van der Waals surface area contributed by atoms with Gasteiger partial charge in [0, 0.05) is 35.0 Å². The predicted molar refractivity (Wildman–Crippen MR) is 120 cm³/mol. The molecule has 33 heavy (non-hydrogen) atoms. The number of carbonyl (C=O) groups excluding carboxylic acids is 1. The zero-order chi connectivity index (χ0) is 23.3. The van der Waals surface area contributed by atoms with Crippen molar-refractivity contribution >= 4 is 28.8 Å². The number of morpholine rings is 1. The SMILES string of the molecule is C[C@H]1O[C@]2(OCc3cc(Cl)c(Cc4ccc(C(=O)N5CCOCC5)s4)cc32)[C@H](O)[C@@H](O)[C@@H]1O. The van der Waals surface area contributed by atoms with E-state index >= 15 is 0 Å². The molecular formula is C23H26ClNO7S. The normalized spacial score (nSPS) is 31.7. The molecule has 1 aromatic carbocycles. The van der Waals surface area contributed by atoms with E-state index in [1.807, 2.05) is 18.2 Å². The van der Waals surface area contributed by atoms with Crippen LogP contribution in [0.25, 0.3) is 0 Å². The molecule has 0 bridgehead atoms. The summed E-state index contributed by atoms with van der Waals surface area (Å²) in [7, 11) is 0. The molecule has 0 unspecified atom stereocenters. The molecule has 3 aliphatic rings. The minimum atomic E-state index is -1.57. The largest absolute Gasteiger partial charge is 0.388 e. The summed E-state index contributed by atoms with van der Waals surface area (Å²) < 4.78 is 17.1. The summed E-state index contributed by atoms with van der Waals surface area (Å²) in [6.07, 6.45) is -4.35. The number of aliphatic hydroxyl groups is 3. The number of aliphatic hydroxyl groups excluding tert-OH is 3. The van der Waals surface area contributed by atoms with Gasteiger partial charge in [-0.3, -0.25) is 4.79 Å². The van der Waals surface area contributed by atoms with Gasteiger partial charge in [-0.1, -0.05) is 11.6 Å². The molecule has 1 aromatic heterocycles. The van der Waals surface area contributed by atoms with E-state index in [2.05, 4.69) is 0 Å². The number of nitrogens with zero attached hydrogens (tertiary/aromatic N) is 1. The van der Waals surface area contributed by atoms with Gasteiger partial charge in [-0.15, -0.1) is 11.3 Å². The minimum Gasteiger partial charge on any atom is -0.388 e. The van der Waals surface area contributed by atoms with Crippen molar-refractivity contribution in [3.05, 3.63) is 55.7 Å². The second-order valence-corrected chi connectivity index (χ2v) is 10.2. The maximum atomic E-state index is 12.8. The quantitative estimate of drug-likeness (QED) is 0.594. The Morgan fingerprint density at radius 2 is 1.97 bits per heavy atom. The lowest BCUT2D eigenvalue weighted by atomic mass is 9.87. The zero-order valence-corrected chi connectivity index (χ0v) is 19.6. The molecule has 8 nitrogen and oxygen atoms in total. The third kappa shape index (κ3) is 4.00. The predicted octanol–water partition coefficient (Wildman–Crippen LogP) is 1.65. The average Bonchev–Trinajstić information content (AvgIpc) is 3.42. The molecule has 2 fully saturated rings. The number of fused-ring (bicyclic) bond motifs is 2. The number of benzene rings is 1. The lowest BCUT2D eigenvalue weighted by molar-refractivity contribution is -0.362. The first kappa shape index (κ1) is 23.2. The molecule has 0 radical (unpaired) electrons. The molecule has 1 spiro atoms. The van der Waals surface area contributed by atoms with E-state index in [0.717, 1.165) is 16.0 Å². The highest BCUT2D eigenvalue weighted by Crippen LogP contribution is 2.47. The number of hydrogen-bond donors (Lipinski definition) is 3. The average molecular weight is 496 g/mol. The van der Waals surface area contributed by atoms with Crippen LogP contribution in [0.2, 0.25) is 5.02 Å². The molecular weight excluding hydrogens is 470 g/mol. The highest BCUT2D eigenvalue weighted by Gasteiger charge is 2.57. The first-order valence-corrected chi connectivity index (χ1v) is 12.1. The van der Waals surface area contributed by atoms with Crippen LogP contribution < -0.4 is 0 Å². The van der Waals surface area contributed by atoms with Crippen LogP contribution in [0, 0.1) is 0 Å². The molecule has 0 saturated carbocycles. The van der Waals surface area contributed by atoms with Crippen molar-refractivity contribution in [1.82, 2.24) is 4.90 Å². The summed E-state index contributed by atoms with van der Waals surface area (Å²) in [6, 6.07) is 7.36. The fourth-order valence-electron chi connectivity index (χ4n) is 4.65. The van der Waals surface area contributed by atoms with Crippen LogP contribution in [0.4, 0.5) is 0 Å². The Morgan fingerprint density at radius 1 is 1.21 bits per heavy atom. The van der Waals surface area contributed by atoms with Gasteiger partial charge < -0.3 is 34.4 Å². The molecule has 2 aromatic rings. The second-order valence-electron chi connectivity index (χ2n) is 8.65. The Kier molecular flexibility index (Phi) is 6.26. The minimum absolute atomic E-state index is 0.00205. The van der Waals surface area contributed by atoms with Crippen molar-refractivity contribution in [3.8, 4) is 0 Å². The highest BCUT2D eigenvalue weighted by molar-refractivity contribution is 7.14. The molecule has 3 N–H and O–H groups in total. The number of amides is 1. The Morgan fingerprint density at radius 3 is 2.73 bits per heavy atom. The number of rotatable bonds is 3. The van der Waals surface area contributed by atoms with Crippen LogP contribution >= 0.6 is 22.9 Å². The maximum absolute atomic E-state index is 12.8. The summed E-state index contributed by atoms with van der Waals surface area (Å²) in [5.41, 5.74) is 2.14. The third-order valence-corrected chi connectivity index (χ3v) is 7.95. The van der Waals surface area contributed by atoms with Crippen LogP contribution in [0.1, 0.15) is 38.2 Å². The summed E-state index contributed by atoms with van der Waals surface area (Å²) >= 11 is 7.99. The lowest BCUT2D eigenvalue weighted by Crippen LogP contribution is -2.62. The van der Waals surface area contributed by atoms with Crippen LogP contribution in [0.3, 0.4) is 0 Å². The first-order valence-electron chi connectivity index (χ1n) is 10.9. The van der Waals surface area contributed by atoms with Crippen molar-refractivity contribution in [1.29, 1.82) is 0 Å². The van der Waals surface area contributed by atoms with E-state index in [1.54, 1.807) is 17.9 Å². The standard InChI is InChI=1S/C23H26ClNO7S/c1-12-19(26)20(27)21(28)23(32-12)16-9-13(17(24)10-14(16)11-31-23)8-15-2-3-18(33-15)22(29)25-4-6-30-7-5-25/h2-3,9-10,12,19-21,26-28H,4-8,11H2,1H3/t12-,19-,20+,21-,23+/m1/s1. The topological polar surface area (TPSA) is 109 Å². The molecule has 1 amide bonds. The van der Waals surface area contributed by atoms with Crippen LogP contribution in [0.15, 0.2) is 24.3 Å². The van der Waals surface area contributed by atoms with Gasteiger partial charge in [0.25, 0.3) is 5.91 Å². The Labute approximate surface area is 200 Å². The second kappa shape index (κ2) is 8.90. The third-order valence-electron chi connectivity index (χ3n) is 6.53. The van der Waals surface area contributed by atoms with E-state index in [0.29, 0.717) is 48.2 Å². The van der Waals surface area contributed by atoms with Crippen molar-refractivity contribution in [2.24, 2.45) is 0 Å². The molecule has 3 aliphatic heterocycles. The van der Waals surface area contributed by atoms with Crippen LogP contribution in [-0.2, 0) is 33.0 Å². The van der Waals surface area contributed by atoms with Gasteiger partial charge in [0.2, 0.25) is 5.79 Å². The Balaban J connectivity index is 1.41. The van der Waals surface area contributed by atoms with E-state index < -0.39 is 30.2 Å². The summed E-state index contributed by atoms with van der Waals surface area (Å²) in [5.74, 6) is -1.57. The van der Waals surface area contributed by atoms with Gasteiger partial charge in [0.15, 0.2) is 0 Å². The first-order chi connectivity index (χ1) is 15.8. The maximum Gasteiger partial charge on any atom is 0.264 e. The fraction of sp³-hybridized carbons (Fsp3) is 0.522. The number of ether oxygens (including phenoxy) is 3. The molecule has 5 rings (SSSR count). The Bertz CT molecular complexity index is 1060. The van der Waals surface area contributed by atoms with Gasteiger partial charge in [0.05, 0.1) is 30.8 Å². The van der Waals surface area contributed by atoms with E-state index in [-0.39, 0.29) is 12.5 Å². The van der Waals surface area contributed by atoms with Crippen LogP contribution in [-0.4, -0.2) is 76.8 Å². The van der Waals surface area contributed by atoms with Crippen molar-refractivity contribution in [2.45, 2.75) is 50.2 Å². The highest BCUT2D eigenvalue weighted by atomic mass is 35.5. The van der Waals surface area contributed by atoms with E-state index in [4.69, 9.17) is 25.8 Å². The molecule has 5 atom stereocenters. The lowest BCUT2D eigenvalue weighted by Gasteiger charge is -2.45. The summed E-state index contributed by atoms with van der Waals surface area (Å²) in [6.45, 7) is 4.07. The van der Waals surface area contributed by atoms with Crippen LogP contribution in [0.5, 0.6) is 0 Å². The molecule has 178 valence electrons. The summed E-state index contributed by atoms with van der Waals surface area (Å²) in [4.78, 5) is 16.2. The number of halogens is 1. The number of thiophene rings is 1. The van der Waals surface area contributed by atoms with E-state index in [9.17, 15) is 20.1 Å². The molecule has 4 heterocycles. The van der Waals surface area contributed by atoms with Crippen molar-refractivity contribution in [2.75, 3.05) is 26.3 Å². The van der Waals surface area contributed by atoms with E-state index in [1.165, 1.54) is 11.3 Å². The van der Waals surface area contributed by atoms with Crippen molar-refractivity contribution in [3.63, 3.8) is 0 Å². The van der Waals surface area contributed by atoms with Gasteiger partial charge in [0.1, 0.15) is 18.3 Å². The summed E-state index contributed by atoms with van der Waals surface area (Å²) in [5, 5.41) is 31.8.